The Morgan fingerprint density at radius 2 is 1.57 bits per heavy atom. The molecule has 1 aromatic rings. The number of benzene rings is 1. The van der Waals surface area contributed by atoms with Crippen LogP contribution in [0.5, 0.6) is 0 Å². The molecule has 1 aromatic carbocycles. The fourth-order valence-corrected chi connectivity index (χ4v) is 5.12. The second-order valence-electron chi connectivity index (χ2n) is 9.52. The predicted octanol–water partition coefficient (Wildman–Crippen LogP) is 3.17. The zero-order chi connectivity index (χ0) is 27.2. The first-order valence-electron chi connectivity index (χ1n) is 11.6. The van der Waals surface area contributed by atoms with Crippen LogP contribution in [-0.2, 0) is 22.3 Å². The Morgan fingerprint density at radius 3 is 2.14 bits per heavy atom. The summed E-state index contributed by atoms with van der Waals surface area (Å²) in [6, 6.07) is 1.61. The van der Waals surface area contributed by atoms with E-state index in [1.54, 1.807) is 0 Å². The molecule has 15 heteroatoms. The minimum atomic E-state index is -5.86. The molecule has 6 nitrogen and oxygen atoms in total. The van der Waals surface area contributed by atoms with Crippen molar-refractivity contribution in [2.24, 2.45) is 11.8 Å². The monoisotopic (exact) mass is 548 g/mol. The molecule has 0 saturated carbocycles. The maximum absolute atomic E-state index is 13.5. The van der Waals surface area contributed by atoms with E-state index >= 15 is 0 Å². The van der Waals surface area contributed by atoms with E-state index in [9.17, 15) is 44.3 Å². The minimum absolute atomic E-state index is 0.0537. The molecular weight excluding hydrogens is 523 g/mol. The summed E-state index contributed by atoms with van der Waals surface area (Å²) in [4.78, 5) is 15.6. The number of hydrogen-bond acceptors (Lipinski definition) is 6. The number of alkyl halides is 9. The molecule has 2 N–H and O–H groups in total. The van der Waals surface area contributed by atoms with Gasteiger partial charge in [0, 0.05) is 58.0 Å². The van der Waals surface area contributed by atoms with Gasteiger partial charge in [0.15, 0.2) is 0 Å². The van der Waals surface area contributed by atoms with Crippen molar-refractivity contribution in [3.05, 3.63) is 29.3 Å². The Balaban J connectivity index is 1.58. The molecule has 0 bridgehead atoms. The van der Waals surface area contributed by atoms with E-state index < -0.39 is 42.2 Å². The fourth-order valence-electron chi connectivity index (χ4n) is 5.12. The summed E-state index contributed by atoms with van der Waals surface area (Å²) in [7, 11) is 0. The van der Waals surface area contributed by atoms with E-state index in [0.29, 0.717) is 18.7 Å². The van der Waals surface area contributed by atoms with Crippen LogP contribution >= 0.6 is 0 Å². The average molecular weight is 548 g/mol. The second-order valence-corrected chi connectivity index (χ2v) is 9.52. The Bertz CT molecular complexity index is 956. The van der Waals surface area contributed by atoms with Crippen LogP contribution in [0.2, 0.25) is 0 Å². The highest BCUT2D eigenvalue weighted by atomic mass is 19.4. The highest BCUT2D eigenvalue weighted by Crippen LogP contribution is 2.39. The van der Waals surface area contributed by atoms with E-state index in [1.165, 1.54) is 11.0 Å². The van der Waals surface area contributed by atoms with Crippen molar-refractivity contribution in [3.63, 3.8) is 0 Å². The molecule has 208 valence electrons. The number of carbonyl (C=O) groups is 1. The summed E-state index contributed by atoms with van der Waals surface area (Å²) < 4.78 is 122. The predicted molar refractivity (Wildman–Crippen MR) is 113 cm³/mol. The number of nitrogens with zero attached hydrogens (tertiary/aromatic N) is 2. The summed E-state index contributed by atoms with van der Waals surface area (Å²) in [6.07, 6.45) is -20.6. The van der Waals surface area contributed by atoms with Crippen molar-refractivity contribution in [2.75, 3.05) is 50.7 Å². The van der Waals surface area contributed by atoms with E-state index in [0.717, 1.165) is 25.2 Å². The molecule has 3 atom stereocenters. The largest absolute Gasteiger partial charge is 0.442 e. The molecule has 4 rings (SSSR count). The van der Waals surface area contributed by atoms with E-state index in [-0.39, 0.29) is 43.7 Å². The van der Waals surface area contributed by atoms with Gasteiger partial charge in [-0.1, -0.05) is 6.07 Å². The van der Waals surface area contributed by atoms with Crippen LogP contribution in [0.4, 0.5) is 45.2 Å². The molecule has 3 aliphatic heterocycles. The first-order valence-corrected chi connectivity index (χ1v) is 11.6. The van der Waals surface area contributed by atoms with E-state index in [4.69, 9.17) is 0 Å². The number of nitrogens with one attached hydrogen (secondary N) is 2. The third-order valence-electron chi connectivity index (χ3n) is 6.97. The second kappa shape index (κ2) is 10.1. The third kappa shape index (κ3) is 6.25. The maximum Gasteiger partial charge on any atom is 0.434 e. The summed E-state index contributed by atoms with van der Waals surface area (Å²) >= 11 is 0. The quantitative estimate of drug-likeness (QED) is 0.436. The molecule has 3 aliphatic rings. The Hall–Kier alpha value is -2.26. The normalized spacial score (nSPS) is 25.6. The van der Waals surface area contributed by atoms with Gasteiger partial charge >= 0.3 is 24.5 Å². The lowest BCUT2D eigenvalue weighted by atomic mass is 10.0. The van der Waals surface area contributed by atoms with Crippen molar-refractivity contribution >= 4 is 11.7 Å². The van der Waals surface area contributed by atoms with Gasteiger partial charge in [-0.05, 0) is 29.5 Å². The van der Waals surface area contributed by atoms with Crippen LogP contribution in [0.3, 0.4) is 0 Å². The molecule has 0 spiro atoms. The lowest BCUT2D eigenvalue weighted by Gasteiger charge is -2.36. The number of anilines is 1. The van der Waals surface area contributed by atoms with Crippen molar-refractivity contribution in [2.45, 2.75) is 37.2 Å². The molecule has 0 aromatic heterocycles. The lowest BCUT2D eigenvalue weighted by Crippen LogP contribution is -2.57. The smallest absolute Gasteiger partial charge is 0.434 e. The highest BCUT2D eigenvalue weighted by molar-refractivity contribution is 5.76. The van der Waals surface area contributed by atoms with Crippen molar-refractivity contribution < 1.29 is 49.0 Å². The summed E-state index contributed by atoms with van der Waals surface area (Å²) in [5.41, 5.74) is -0.224. The van der Waals surface area contributed by atoms with Crippen LogP contribution in [0.25, 0.3) is 0 Å². The number of rotatable bonds is 5. The van der Waals surface area contributed by atoms with Gasteiger partial charge in [-0.2, -0.15) is 39.5 Å². The molecule has 3 fully saturated rings. The third-order valence-corrected chi connectivity index (χ3v) is 6.97. The number of esters is 1. The van der Waals surface area contributed by atoms with Gasteiger partial charge in [-0.25, -0.2) is 0 Å². The summed E-state index contributed by atoms with van der Waals surface area (Å²) in [5, 5.41) is 5.97. The zero-order valence-electron chi connectivity index (χ0n) is 19.3. The fraction of sp³-hybridized carbons (Fsp3) is 0.682. The van der Waals surface area contributed by atoms with Crippen molar-refractivity contribution in [1.29, 1.82) is 0 Å². The number of fused-ring (bicyclic) bond motifs is 1. The van der Waals surface area contributed by atoms with Crippen LogP contribution in [0.15, 0.2) is 18.2 Å². The van der Waals surface area contributed by atoms with Crippen molar-refractivity contribution in [1.82, 2.24) is 15.5 Å². The van der Waals surface area contributed by atoms with Gasteiger partial charge in [-0.3, -0.25) is 9.69 Å². The lowest BCUT2D eigenvalue weighted by molar-refractivity contribution is -0.314. The first-order chi connectivity index (χ1) is 17.1. The zero-order valence-corrected chi connectivity index (χ0v) is 19.3. The van der Waals surface area contributed by atoms with Gasteiger partial charge in [-0.15, -0.1) is 0 Å². The Morgan fingerprint density at radius 1 is 0.946 bits per heavy atom. The number of halogens is 9. The SMILES string of the molecule is O=C(OC(C(F)(F)F)C(F)(F)F)C1CNCCN1Cc1ccc(C(F)(F)F)cc1N1CC2CNCC2C1. The van der Waals surface area contributed by atoms with Gasteiger partial charge in [0.2, 0.25) is 0 Å². The van der Waals surface area contributed by atoms with Crippen LogP contribution < -0.4 is 15.5 Å². The summed E-state index contributed by atoms with van der Waals surface area (Å²) in [5.74, 6) is -1.24. The number of carbonyl (C=O) groups excluding carboxylic acids is 1. The molecule has 3 heterocycles. The topological polar surface area (TPSA) is 56.8 Å². The first kappa shape index (κ1) is 27.8. The van der Waals surface area contributed by atoms with Crippen LogP contribution in [-0.4, -0.2) is 81.2 Å². The minimum Gasteiger partial charge on any atom is -0.442 e. The molecule has 3 unspecified atom stereocenters. The highest BCUT2D eigenvalue weighted by Gasteiger charge is 2.60. The van der Waals surface area contributed by atoms with E-state index in [2.05, 4.69) is 15.4 Å². The summed E-state index contributed by atoms with van der Waals surface area (Å²) in [6.45, 7) is 2.31. The average Bonchev–Trinajstić information content (AvgIpc) is 3.38. The number of piperazine rings is 1. The van der Waals surface area contributed by atoms with Gasteiger partial charge < -0.3 is 20.3 Å². The Kier molecular flexibility index (Phi) is 7.60. The number of ether oxygens (including phenoxy) is 1. The standard InChI is InChI=1S/C22H25F9N4O2/c23-20(24,25)15-2-1-12(16(5-15)35-10-13-6-33-7-14(13)11-35)9-34-4-3-32-8-17(34)18(36)37-19(21(26,27)28)22(29,30)31/h1-2,5,13-14,17,19,32-33H,3-4,6-11H2. The molecule has 0 aliphatic carbocycles. The van der Waals surface area contributed by atoms with E-state index in [1.807, 2.05) is 4.90 Å². The van der Waals surface area contributed by atoms with Crippen molar-refractivity contribution in [3.8, 4) is 0 Å². The molecule has 3 saturated heterocycles. The maximum atomic E-state index is 13.5. The molecular formula is C22H25F9N4O2. The van der Waals surface area contributed by atoms with Gasteiger partial charge in [0.05, 0.1) is 5.56 Å². The van der Waals surface area contributed by atoms with Crippen LogP contribution in [0, 0.1) is 11.8 Å². The van der Waals surface area contributed by atoms with Gasteiger partial charge in [0.25, 0.3) is 6.10 Å². The van der Waals surface area contributed by atoms with Crippen LogP contribution in [0.1, 0.15) is 11.1 Å². The van der Waals surface area contributed by atoms with Gasteiger partial charge in [0.1, 0.15) is 6.04 Å². The molecule has 0 amide bonds. The number of hydrogen-bond donors (Lipinski definition) is 2. The molecule has 37 heavy (non-hydrogen) atoms. The Labute approximate surface area is 206 Å². The molecule has 0 radical (unpaired) electrons.